The molecule has 0 spiro atoms. The smallest absolute Gasteiger partial charge is 0.237 e. The van der Waals surface area contributed by atoms with Gasteiger partial charge in [0.15, 0.2) is 0 Å². The quantitative estimate of drug-likeness (QED) is 0.801. The molecule has 0 saturated heterocycles. The van der Waals surface area contributed by atoms with Crippen molar-refractivity contribution < 1.29 is 4.79 Å². The Balaban J connectivity index is 1.64. The number of hydrogen-bond donors (Lipinski definition) is 1. The van der Waals surface area contributed by atoms with Crippen molar-refractivity contribution in [3.05, 3.63) is 59.1 Å². The predicted octanol–water partition coefficient (Wildman–Crippen LogP) is 5.33. The van der Waals surface area contributed by atoms with Crippen molar-refractivity contribution in [2.24, 2.45) is 4.99 Å². The van der Waals surface area contributed by atoms with Gasteiger partial charge in [-0.25, -0.2) is 4.99 Å². The third-order valence-electron chi connectivity index (χ3n) is 3.29. The standard InChI is InChI=1S/C17H15ClN2OS2/c1-11(16(21)19-14-7-4-6-13(18)9-14)23-17-20-15-8-3-2-5-12(15)10-22-17/h2-9,11H,10H2,1H3,(H,19,21). The molecular weight excluding hydrogens is 348 g/mol. The fourth-order valence-electron chi connectivity index (χ4n) is 2.09. The van der Waals surface area contributed by atoms with Crippen LogP contribution < -0.4 is 5.32 Å². The second-order valence-corrected chi connectivity index (χ2v) is 8.04. The van der Waals surface area contributed by atoms with Gasteiger partial charge in [-0.05, 0) is 36.8 Å². The van der Waals surface area contributed by atoms with Gasteiger partial charge in [-0.1, -0.05) is 59.4 Å². The Morgan fingerprint density at radius 1 is 1.30 bits per heavy atom. The maximum atomic E-state index is 12.3. The van der Waals surface area contributed by atoms with E-state index in [2.05, 4.69) is 16.4 Å². The Kier molecular flexibility index (Phi) is 5.30. The molecule has 3 rings (SSSR count). The van der Waals surface area contributed by atoms with Crippen molar-refractivity contribution in [1.82, 2.24) is 0 Å². The average Bonchev–Trinajstić information content (AvgIpc) is 2.54. The number of para-hydroxylation sites is 1. The summed E-state index contributed by atoms with van der Waals surface area (Å²) in [6.45, 7) is 1.88. The molecule has 118 valence electrons. The largest absolute Gasteiger partial charge is 0.325 e. The van der Waals surface area contributed by atoms with Gasteiger partial charge in [0, 0.05) is 16.5 Å². The van der Waals surface area contributed by atoms with E-state index in [1.165, 1.54) is 17.3 Å². The molecule has 2 aromatic carbocycles. The highest BCUT2D eigenvalue weighted by Gasteiger charge is 2.20. The molecule has 1 aliphatic heterocycles. The lowest BCUT2D eigenvalue weighted by Crippen LogP contribution is -2.23. The monoisotopic (exact) mass is 362 g/mol. The van der Waals surface area contributed by atoms with Gasteiger partial charge < -0.3 is 5.32 Å². The highest BCUT2D eigenvalue weighted by molar-refractivity contribution is 8.39. The summed E-state index contributed by atoms with van der Waals surface area (Å²) in [6.07, 6.45) is 0. The van der Waals surface area contributed by atoms with Gasteiger partial charge in [-0.2, -0.15) is 0 Å². The predicted molar refractivity (Wildman–Crippen MR) is 102 cm³/mol. The van der Waals surface area contributed by atoms with E-state index in [9.17, 15) is 4.79 Å². The third kappa shape index (κ3) is 4.31. The second-order valence-electron chi connectivity index (χ2n) is 5.05. The molecule has 0 radical (unpaired) electrons. The maximum Gasteiger partial charge on any atom is 0.237 e. The minimum Gasteiger partial charge on any atom is -0.325 e. The number of anilines is 1. The van der Waals surface area contributed by atoms with E-state index in [0.717, 1.165) is 15.8 Å². The summed E-state index contributed by atoms with van der Waals surface area (Å²) in [4.78, 5) is 16.9. The molecule has 23 heavy (non-hydrogen) atoms. The number of carbonyl (C=O) groups is 1. The van der Waals surface area contributed by atoms with E-state index in [1.54, 1.807) is 23.9 Å². The van der Waals surface area contributed by atoms with E-state index < -0.39 is 0 Å². The van der Waals surface area contributed by atoms with Gasteiger partial charge in [0.05, 0.1) is 10.9 Å². The summed E-state index contributed by atoms with van der Waals surface area (Å²) in [5, 5.41) is 3.26. The van der Waals surface area contributed by atoms with Crippen LogP contribution in [0, 0.1) is 0 Å². The van der Waals surface area contributed by atoms with Crippen LogP contribution in [0.2, 0.25) is 5.02 Å². The van der Waals surface area contributed by atoms with Crippen molar-refractivity contribution in [2.45, 2.75) is 17.9 Å². The highest BCUT2D eigenvalue weighted by Crippen LogP contribution is 2.35. The van der Waals surface area contributed by atoms with Crippen molar-refractivity contribution in [3.8, 4) is 0 Å². The Hall–Kier alpha value is -1.43. The Bertz CT molecular complexity index is 764. The summed E-state index contributed by atoms with van der Waals surface area (Å²) in [5.41, 5.74) is 2.94. The first kappa shape index (κ1) is 16.4. The molecule has 1 N–H and O–H groups in total. The van der Waals surface area contributed by atoms with E-state index in [0.29, 0.717) is 10.7 Å². The van der Waals surface area contributed by atoms with Crippen molar-refractivity contribution in [1.29, 1.82) is 0 Å². The zero-order valence-corrected chi connectivity index (χ0v) is 14.8. The minimum absolute atomic E-state index is 0.0561. The fourth-order valence-corrected chi connectivity index (χ4v) is 4.47. The number of rotatable bonds is 3. The van der Waals surface area contributed by atoms with Crippen LogP contribution in [0.5, 0.6) is 0 Å². The average molecular weight is 363 g/mol. The van der Waals surface area contributed by atoms with Crippen LogP contribution in [-0.2, 0) is 10.5 Å². The molecule has 0 aliphatic carbocycles. The Morgan fingerprint density at radius 2 is 2.13 bits per heavy atom. The molecule has 0 saturated carbocycles. The number of fused-ring (bicyclic) bond motifs is 1. The maximum absolute atomic E-state index is 12.3. The molecule has 3 nitrogen and oxygen atoms in total. The van der Waals surface area contributed by atoms with Gasteiger partial charge in [-0.15, -0.1) is 0 Å². The van der Waals surface area contributed by atoms with E-state index in [-0.39, 0.29) is 11.2 Å². The lowest BCUT2D eigenvalue weighted by atomic mass is 10.2. The van der Waals surface area contributed by atoms with Gasteiger partial charge >= 0.3 is 0 Å². The number of thioether (sulfide) groups is 2. The molecular formula is C17H15ClN2OS2. The fraction of sp³-hybridized carbons (Fsp3) is 0.176. The summed E-state index contributed by atoms with van der Waals surface area (Å²) >= 11 is 9.09. The lowest BCUT2D eigenvalue weighted by Gasteiger charge is -2.17. The number of aliphatic imine (C=N–C) groups is 1. The lowest BCUT2D eigenvalue weighted by molar-refractivity contribution is -0.115. The summed E-state index contributed by atoms with van der Waals surface area (Å²) in [5.74, 6) is 0.837. The Labute approximate surface area is 148 Å². The number of hydrogen-bond acceptors (Lipinski definition) is 4. The van der Waals surface area contributed by atoms with Crippen LogP contribution in [-0.4, -0.2) is 15.5 Å². The third-order valence-corrected chi connectivity index (χ3v) is 5.82. The van der Waals surface area contributed by atoms with Gasteiger partial charge in [0.25, 0.3) is 0 Å². The van der Waals surface area contributed by atoms with Crippen LogP contribution >= 0.6 is 35.1 Å². The molecule has 1 heterocycles. The van der Waals surface area contributed by atoms with Crippen molar-refractivity contribution in [3.63, 3.8) is 0 Å². The van der Waals surface area contributed by atoms with Crippen LogP contribution in [0.4, 0.5) is 11.4 Å². The van der Waals surface area contributed by atoms with Gasteiger partial charge in [0.1, 0.15) is 4.38 Å². The molecule has 0 bridgehead atoms. The van der Waals surface area contributed by atoms with Crippen LogP contribution in [0.25, 0.3) is 0 Å². The zero-order chi connectivity index (χ0) is 16.2. The van der Waals surface area contributed by atoms with E-state index in [1.807, 2.05) is 37.3 Å². The van der Waals surface area contributed by atoms with Gasteiger partial charge in [-0.3, -0.25) is 4.79 Å². The van der Waals surface area contributed by atoms with Crippen LogP contribution in [0.15, 0.2) is 53.5 Å². The zero-order valence-electron chi connectivity index (χ0n) is 12.5. The first-order valence-corrected chi connectivity index (χ1v) is 9.38. The molecule has 2 aromatic rings. The van der Waals surface area contributed by atoms with Crippen LogP contribution in [0.3, 0.4) is 0 Å². The number of nitrogens with one attached hydrogen (secondary N) is 1. The first-order chi connectivity index (χ1) is 11.1. The molecule has 1 unspecified atom stereocenters. The minimum atomic E-state index is -0.231. The number of amides is 1. The Morgan fingerprint density at radius 3 is 2.96 bits per heavy atom. The second kappa shape index (κ2) is 7.43. The summed E-state index contributed by atoms with van der Waals surface area (Å²) < 4.78 is 0.928. The molecule has 1 atom stereocenters. The summed E-state index contributed by atoms with van der Waals surface area (Å²) in [6, 6.07) is 15.2. The molecule has 6 heteroatoms. The highest BCUT2D eigenvalue weighted by atomic mass is 35.5. The molecule has 0 fully saturated rings. The SMILES string of the molecule is CC(SC1=Nc2ccccc2CS1)C(=O)Nc1cccc(Cl)c1. The topological polar surface area (TPSA) is 41.5 Å². The molecule has 0 aromatic heterocycles. The first-order valence-electron chi connectivity index (χ1n) is 7.14. The van der Waals surface area contributed by atoms with E-state index in [4.69, 9.17) is 11.6 Å². The number of nitrogens with zero attached hydrogens (tertiary/aromatic N) is 1. The van der Waals surface area contributed by atoms with Crippen molar-refractivity contribution in [2.75, 3.05) is 5.32 Å². The number of benzene rings is 2. The van der Waals surface area contributed by atoms with E-state index >= 15 is 0 Å². The van der Waals surface area contributed by atoms with Gasteiger partial charge in [0.2, 0.25) is 5.91 Å². The van der Waals surface area contributed by atoms with Crippen LogP contribution in [0.1, 0.15) is 12.5 Å². The molecule has 1 aliphatic rings. The number of carbonyl (C=O) groups excluding carboxylic acids is 1. The van der Waals surface area contributed by atoms with Crippen molar-refractivity contribution >= 4 is 56.8 Å². The normalized spacial score (nSPS) is 14.6. The summed E-state index contributed by atoms with van der Waals surface area (Å²) in [7, 11) is 0. The molecule has 1 amide bonds. The number of halogens is 1.